The van der Waals surface area contributed by atoms with Gasteiger partial charge in [0, 0.05) is 17.7 Å². The summed E-state index contributed by atoms with van der Waals surface area (Å²) in [6.07, 6.45) is 1.32. The van der Waals surface area contributed by atoms with Gasteiger partial charge in [-0.3, -0.25) is 20.3 Å². The number of nitro groups is 1. The molecule has 3 aromatic carbocycles. The van der Waals surface area contributed by atoms with Gasteiger partial charge in [0.25, 0.3) is 15.7 Å². The van der Waals surface area contributed by atoms with Gasteiger partial charge >= 0.3 is 0 Å². The zero-order chi connectivity index (χ0) is 25.9. The molecule has 0 unspecified atom stereocenters. The van der Waals surface area contributed by atoms with E-state index in [0.29, 0.717) is 28.3 Å². The second kappa shape index (κ2) is 10.0. The first kappa shape index (κ1) is 24.6. The highest BCUT2D eigenvalue weighted by atomic mass is 32.2. The van der Waals surface area contributed by atoms with E-state index in [-0.39, 0.29) is 22.1 Å². The van der Waals surface area contributed by atoms with E-state index in [4.69, 9.17) is 4.42 Å². The first-order chi connectivity index (χ1) is 17.1. The average molecular weight is 509 g/mol. The van der Waals surface area contributed by atoms with Crippen LogP contribution >= 0.6 is 0 Å². The number of hydrogen-bond donors (Lipinski definition) is 2. The number of benzene rings is 3. The van der Waals surface area contributed by atoms with Crippen molar-refractivity contribution in [3.63, 3.8) is 0 Å². The third-order valence-corrected chi connectivity index (χ3v) is 6.63. The first-order valence-corrected chi connectivity index (χ1v) is 12.1. The van der Waals surface area contributed by atoms with Crippen LogP contribution < -0.4 is 10.1 Å². The Hall–Kier alpha value is -4.51. The molecule has 0 fully saturated rings. The summed E-state index contributed by atoms with van der Waals surface area (Å²) in [6.45, 7) is 3.64. The minimum atomic E-state index is -4.21. The van der Waals surface area contributed by atoms with Gasteiger partial charge in [-0.05, 0) is 67.9 Å². The van der Waals surface area contributed by atoms with Crippen LogP contribution in [-0.2, 0) is 10.0 Å². The first-order valence-electron chi connectivity index (χ1n) is 10.7. The summed E-state index contributed by atoms with van der Waals surface area (Å²) in [5.74, 6) is 0.478. The number of nitrogens with one attached hydrogen (secondary N) is 2. The number of aryl methyl sites for hydroxylation is 2. The van der Waals surface area contributed by atoms with Crippen LogP contribution in [-0.4, -0.2) is 19.6 Å². The van der Waals surface area contributed by atoms with E-state index in [1.54, 1.807) is 43.3 Å². The molecule has 0 atom stereocenters. The molecule has 0 amide bonds. The van der Waals surface area contributed by atoms with Crippen molar-refractivity contribution in [1.82, 2.24) is 0 Å². The lowest BCUT2D eigenvalue weighted by Crippen LogP contribution is -2.15. The Morgan fingerprint density at radius 1 is 0.972 bits per heavy atom. The quantitative estimate of drug-likeness (QED) is 0.174. The number of non-ortho nitro benzene ring substituents is 1. The lowest BCUT2D eigenvalue weighted by Gasteiger charge is -2.14. The van der Waals surface area contributed by atoms with E-state index >= 15 is 0 Å². The van der Waals surface area contributed by atoms with Crippen LogP contribution in [0.3, 0.4) is 0 Å². The summed E-state index contributed by atoms with van der Waals surface area (Å²) >= 11 is 0. The van der Waals surface area contributed by atoms with Crippen LogP contribution in [0, 0.1) is 29.8 Å². The van der Waals surface area contributed by atoms with Gasteiger partial charge in [0.05, 0.1) is 22.5 Å². The predicted octanol–water partition coefficient (Wildman–Crippen LogP) is 5.86. The molecule has 1 aromatic heterocycles. The second-order valence-electron chi connectivity index (χ2n) is 7.94. The van der Waals surface area contributed by atoms with Crippen LogP contribution in [0.2, 0.25) is 0 Å². The number of hydrazone groups is 1. The molecule has 4 aromatic rings. The molecular weight excluding hydrogens is 487 g/mol. The molecule has 0 aliphatic rings. The van der Waals surface area contributed by atoms with Gasteiger partial charge in [0.15, 0.2) is 0 Å². The Morgan fingerprint density at radius 3 is 2.39 bits per heavy atom. The topological polar surface area (TPSA) is 127 Å². The van der Waals surface area contributed by atoms with E-state index in [2.05, 4.69) is 15.2 Å². The van der Waals surface area contributed by atoms with E-state index in [9.17, 15) is 22.9 Å². The Labute approximate surface area is 206 Å². The molecular formula is C25H21FN4O5S. The van der Waals surface area contributed by atoms with Crippen molar-refractivity contribution in [3.05, 3.63) is 106 Å². The number of halogens is 1. The zero-order valence-electron chi connectivity index (χ0n) is 19.2. The second-order valence-corrected chi connectivity index (χ2v) is 9.59. The third-order valence-electron chi connectivity index (χ3n) is 5.22. The smallest absolute Gasteiger partial charge is 0.270 e. The number of sulfonamides is 1. The van der Waals surface area contributed by atoms with Crippen LogP contribution in [0.4, 0.5) is 21.5 Å². The highest BCUT2D eigenvalue weighted by Gasteiger charge is 2.23. The van der Waals surface area contributed by atoms with Gasteiger partial charge in [-0.1, -0.05) is 17.7 Å². The molecule has 0 saturated heterocycles. The van der Waals surface area contributed by atoms with Crippen molar-refractivity contribution in [3.8, 4) is 11.3 Å². The molecule has 0 radical (unpaired) electrons. The normalized spacial score (nSPS) is 11.5. The van der Waals surface area contributed by atoms with Gasteiger partial charge in [0.1, 0.15) is 22.2 Å². The number of anilines is 2. The fourth-order valence-electron chi connectivity index (χ4n) is 3.42. The number of furan rings is 1. The number of rotatable bonds is 8. The van der Waals surface area contributed by atoms with Gasteiger partial charge in [-0.2, -0.15) is 5.10 Å². The van der Waals surface area contributed by atoms with Crippen LogP contribution in [0.5, 0.6) is 0 Å². The molecule has 0 bridgehead atoms. The highest BCUT2D eigenvalue weighted by Crippen LogP contribution is 2.29. The zero-order valence-corrected chi connectivity index (χ0v) is 20.0. The predicted molar refractivity (Wildman–Crippen MR) is 135 cm³/mol. The van der Waals surface area contributed by atoms with Crippen molar-refractivity contribution in [2.24, 2.45) is 5.10 Å². The minimum Gasteiger partial charge on any atom is -0.455 e. The molecule has 1 heterocycles. The van der Waals surface area contributed by atoms with Gasteiger partial charge in [-0.25, -0.2) is 12.8 Å². The fraction of sp³-hybridized carbons (Fsp3) is 0.0800. The Bertz CT molecular complexity index is 1560. The fourth-order valence-corrected chi connectivity index (χ4v) is 4.73. The SMILES string of the molecule is Cc1ccc(NS(=O)(=O)c2cc([N+](=O)[O-])ccc2N/N=C\c2ccc(-c3ccc(F)cc3)o2)c(C)c1. The Kier molecular flexibility index (Phi) is 6.84. The molecule has 36 heavy (non-hydrogen) atoms. The molecule has 184 valence electrons. The van der Waals surface area contributed by atoms with Crippen molar-refractivity contribution >= 4 is 33.3 Å². The monoisotopic (exact) mass is 508 g/mol. The lowest BCUT2D eigenvalue weighted by molar-refractivity contribution is -0.385. The molecule has 0 aliphatic heterocycles. The number of hydrogen-bond acceptors (Lipinski definition) is 7. The Balaban J connectivity index is 1.59. The maximum atomic E-state index is 13.2. The van der Waals surface area contributed by atoms with E-state index in [0.717, 1.165) is 11.6 Å². The average Bonchev–Trinajstić information content (AvgIpc) is 3.30. The van der Waals surface area contributed by atoms with Gasteiger partial charge in [-0.15, -0.1) is 0 Å². The molecule has 0 spiro atoms. The highest BCUT2D eigenvalue weighted by molar-refractivity contribution is 7.92. The number of nitro benzene ring substituents is 1. The summed E-state index contributed by atoms with van der Waals surface area (Å²) in [7, 11) is -4.21. The summed E-state index contributed by atoms with van der Waals surface area (Å²) < 4.78 is 47.6. The minimum absolute atomic E-state index is 0.0272. The Morgan fingerprint density at radius 2 is 1.69 bits per heavy atom. The van der Waals surface area contributed by atoms with Gasteiger partial charge in [0.2, 0.25) is 0 Å². The van der Waals surface area contributed by atoms with Crippen molar-refractivity contribution in [1.29, 1.82) is 0 Å². The van der Waals surface area contributed by atoms with Crippen LogP contribution in [0.1, 0.15) is 16.9 Å². The van der Waals surface area contributed by atoms with Crippen molar-refractivity contribution in [2.45, 2.75) is 18.7 Å². The molecule has 0 aliphatic carbocycles. The van der Waals surface area contributed by atoms with E-state index in [1.165, 1.54) is 30.5 Å². The summed E-state index contributed by atoms with van der Waals surface area (Å²) in [6, 6.07) is 17.7. The summed E-state index contributed by atoms with van der Waals surface area (Å²) in [4.78, 5) is 10.3. The molecule has 11 heteroatoms. The lowest BCUT2D eigenvalue weighted by atomic mass is 10.1. The van der Waals surface area contributed by atoms with E-state index < -0.39 is 14.9 Å². The standard InChI is InChI=1S/C25H21FN4O5S/c1-16-3-10-22(17(2)13-16)29-36(33,34)25-14-20(30(31)32)8-11-23(25)28-27-15-21-9-12-24(35-21)18-4-6-19(26)7-5-18/h3-15,28-29H,1-2H3/b27-15-. The maximum absolute atomic E-state index is 13.2. The molecule has 0 saturated carbocycles. The summed E-state index contributed by atoms with van der Waals surface area (Å²) in [5.41, 5.74) is 4.94. The van der Waals surface area contributed by atoms with Crippen molar-refractivity contribution < 1.29 is 22.1 Å². The van der Waals surface area contributed by atoms with Gasteiger partial charge < -0.3 is 4.42 Å². The molecule has 9 nitrogen and oxygen atoms in total. The third kappa shape index (κ3) is 5.58. The number of nitrogens with zero attached hydrogens (tertiary/aromatic N) is 2. The van der Waals surface area contributed by atoms with Crippen LogP contribution in [0.25, 0.3) is 11.3 Å². The van der Waals surface area contributed by atoms with Crippen molar-refractivity contribution in [2.75, 3.05) is 10.1 Å². The molecule has 2 N–H and O–H groups in total. The van der Waals surface area contributed by atoms with E-state index in [1.807, 2.05) is 13.0 Å². The summed E-state index contributed by atoms with van der Waals surface area (Å²) in [5, 5.41) is 15.3. The maximum Gasteiger partial charge on any atom is 0.270 e. The molecule has 4 rings (SSSR count). The largest absolute Gasteiger partial charge is 0.455 e. The van der Waals surface area contributed by atoms with Crippen LogP contribution in [0.15, 0.2) is 87.2 Å².